The number of aliphatic hydroxyl groups excluding tert-OH is 1. The molecule has 0 amide bonds. The van der Waals surface area contributed by atoms with E-state index < -0.39 is 6.10 Å². The molecule has 0 bridgehead atoms. The van der Waals surface area contributed by atoms with Crippen molar-refractivity contribution in [2.45, 2.75) is 46.3 Å². The Hall–Kier alpha value is -1.61. The molecule has 2 aromatic rings. The molecule has 102 valence electrons. The Bertz CT molecular complexity index is 525. The summed E-state index contributed by atoms with van der Waals surface area (Å²) in [6.45, 7) is 7.21. The van der Waals surface area contributed by atoms with Crippen LogP contribution in [-0.2, 0) is 13.0 Å². The average Bonchev–Trinajstić information content (AvgIpc) is 2.76. The SMILES string of the molecule is CCCn1ccnc1CC(O)c1cc(C)cc(C)c1. The molecule has 0 radical (unpaired) electrons. The molecular weight excluding hydrogens is 236 g/mol. The van der Waals surface area contributed by atoms with Crippen LogP contribution in [0, 0.1) is 13.8 Å². The highest BCUT2D eigenvalue weighted by Crippen LogP contribution is 2.20. The Morgan fingerprint density at radius 2 is 1.89 bits per heavy atom. The largest absolute Gasteiger partial charge is 0.388 e. The molecule has 0 spiro atoms. The molecule has 1 aromatic heterocycles. The number of nitrogens with zero attached hydrogens (tertiary/aromatic N) is 2. The fourth-order valence-corrected chi connectivity index (χ4v) is 2.47. The van der Waals surface area contributed by atoms with Gasteiger partial charge in [0.15, 0.2) is 0 Å². The Morgan fingerprint density at radius 1 is 1.21 bits per heavy atom. The van der Waals surface area contributed by atoms with Gasteiger partial charge in [0.2, 0.25) is 0 Å². The number of imidazole rings is 1. The summed E-state index contributed by atoms with van der Waals surface area (Å²) in [7, 11) is 0. The summed E-state index contributed by atoms with van der Waals surface area (Å²) < 4.78 is 2.12. The lowest BCUT2D eigenvalue weighted by Gasteiger charge is -2.14. The first kappa shape index (κ1) is 13.8. The van der Waals surface area contributed by atoms with E-state index in [9.17, 15) is 5.11 Å². The van der Waals surface area contributed by atoms with Gasteiger partial charge in [-0.05, 0) is 25.8 Å². The van der Waals surface area contributed by atoms with Crippen LogP contribution in [0.1, 0.15) is 42.0 Å². The second kappa shape index (κ2) is 6.02. The summed E-state index contributed by atoms with van der Waals surface area (Å²) >= 11 is 0. The molecule has 3 heteroatoms. The highest BCUT2D eigenvalue weighted by Gasteiger charge is 2.13. The van der Waals surface area contributed by atoms with Crippen LogP contribution in [0.5, 0.6) is 0 Å². The molecule has 0 aliphatic heterocycles. The van der Waals surface area contributed by atoms with Crippen LogP contribution in [-0.4, -0.2) is 14.7 Å². The van der Waals surface area contributed by atoms with Gasteiger partial charge in [-0.15, -0.1) is 0 Å². The standard InChI is InChI=1S/C16H22N2O/c1-4-6-18-7-5-17-16(18)11-15(19)14-9-12(2)8-13(3)10-14/h5,7-10,15,19H,4,6,11H2,1-3H3. The first-order chi connectivity index (χ1) is 9.10. The van der Waals surface area contributed by atoms with Gasteiger partial charge in [-0.25, -0.2) is 4.98 Å². The van der Waals surface area contributed by atoms with Crippen LogP contribution in [0.4, 0.5) is 0 Å². The summed E-state index contributed by atoms with van der Waals surface area (Å²) in [5.41, 5.74) is 3.35. The zero-order chi connectivity index (χ0) is 13.8. The van der Waals surface area contributed by atoms with Crippen LogP contribution >= 0.6 is 0 Å². The summed E-state index contributed by atoms with van der Waals surface area (Å²) in [5, 5.41) is 10.4. The third-order valence-corrected chi connectivity index (χ3v) is 3.27. The normalized spacial score (nSPS) is 12.6. The van der Waals surface area contributed by atoms with Crippen LogP contribution in [0.25, 0.3) is 0 Å². The quantitative estimate of drug-likeness (QED) is 0.894. The van der Waals surface area contributed by atoms with Crippen LogP contribution in [0.3, 0.4) is 0 Å². The Labute approximate surface area is 114 Å². The molecule has 0 aliphatic carbocycles. The highest BCUT2D eigenvalue weighted by atomic mass is 16.3. The van der Waals surface area contributed by atoms with Crippen molar-refractivity contribution < 1.29 is 5.11 Å². The number of aryl methyl sites for hydroxylation is 3. The first-order valence-corrected chi connectivity index (χ1v) is 6.86. The molecule has 1 heterocycles. The number of benzene rings is 1. The Morgan fingerprint density at radius 3 is 2.53 bits per heavy atom. The van der Waals surface area contributed by atoms with Crippen molar-refractivity contribution in [2.75, 3.05) is 0 Å². The molecule has 19 heavy (non-hydrogen) atoms. The lowest BCUT2D eigenvalue weighted by molar-refractivity contribution is 0.174. The number of aromatic nitrogens is 2. The van der Waals surface area contributed by atoms with E-state index in [1.807, 2.05) is 18.3 Å². The van der Waals surface area contributed by atoms with Crippen molar-refractivity contribution in [3.8, 4) is 0 Å². The van der Waals surface area contributed by atoms with E-state index in [1.165, 1.54) is 11.1 Å². The van der Waals surface area contributed by atoms with Crippen molar-refractivity contribution in [3.05, 3.63) is 53.1 Å². The van der Waals surface area contributed by atoms with Gasteiger partial charge in [0, 0.05) is 25.4 Å². The second-order valence-electron chi connectivity index (χ2n) is 5.18. The minimum Gasteiger partial charge on any atom is -0.388 e. The van der Waals surface area contributed by atoms with Gasteiger partial charge in [0.25, 0.3) is 0 Å². The smallest absolute Gasteiger partial charge is 0.111 e. The highest BCUT2D eigenvalue weighted by molar-refractivity contribution is 5.30. The van der Waals surface area contributed by atoms with Gasteiger partial charge in [-0.2, -0.15) is 0 Å². The Balaban J connectivity index is 2.15. The summed E-state index contributed by atoms with van der Waals surface area (Å²) in [5.74, 6) is 0.952. The maximum atomic E-state index is 10.4. The van der Waals surface area contributed by atoms with Gasteiger partial charge < -0.3 is 9.67 Å². The van der Waals surface area contributed by atoms with E-state index in [4.69, 9.17) is 0 Å². The van der Waals surface area contributed by atoms with E-state index >= 15 is 0 Å². The number of rotatable bonds is 5. The molecule has 0 saturated carbocycles. The molecule has 1 N–H and O–H groups in total. The lowest BCUT2D eigenvalue weighted by Crippen LogP contribution is -2.09. The van der Waals surface area contributed by atoms with Crippen molar-refractivity contribution >= 4 is 0 Å². The second-order valence-corrected chi connectivity index (χ2v) is 5.18. The van der Waals surface area contributed by atoms with Crippen molar-refractivity contribution in [2.24, 2.45) is 0 Å². The zero-order valence-corrected chi connectivity index (χ0v) is 11.9. The molecule has 1 atom stereocenters. The zero-order valence-electron chi connectivity index (χ0n) is 11.9. The van der Waals surface area contributed by atoms with Gasteiger partial charge in [-0.1, -0.05) is 36.2 Å². The van der Waals surface area contributed by atoms with E-state index in [0.29, 0.717) is 6.42 Å². The van der Waals surface area contributed by atoms with Gasteiger partial charge in [0.1, 0.15) is 5.82 Å². The summed E-state index contributed by atoms with van der Waals surface area (Å²) in [6, 6.07) is 6.21. The van der Waals surface area contributed by atoms with E-state index in [2.05, 4.69) is 36.4 Å². The van der Waals surface area contributed by atoms with Crippen molar-refractivity contribution in [1.29, 1.82) is 0 Å². The van der Waals surface area contributed by atoms with Crippen LogP contribution in [0.15, 0.2) is 30.6 Å². The molecule has 1 unspecified atom stereocenters. The number of hydrogen-bond donors (Lipinski definition) is 1. The molecule has 0 fully saturated rings. The molecule has 0 aliphatic rings. The maximum absolute atomic E-state index is 10.4. The van der Waals surface area contributed by atoms with Crippen LogP contribution < -0.4 is 0 Å². The average molecular weight is 258 g/mol. The molecule has 0 saturated heterocycles. The van der Waals surface area contributed by atoms with E-state index in [0.717, 1.165) is 24.4 Å². The van der Waals surface area contributed by atoms with E-state index in [-0.39, 0.29) is 0 Å². The van der Waals surface area contributed by atoms with Gasteiger partial charge in [0.05, 0.1) is 6.10 Å². The molecule has 3 nitrogen and oxygen atoms in total. The molecule has 1 aromatic carbocycles. The predicted molar refractivity (Wildman–Crippen MR) is 77.1 cm³/mol. The summed E-state index contributed by atoms with van der Waals surface area (Å²) in [6.07, 6.45) is 4.93. The minimum atomic E-state index is -0.489. The van der Waals surface area contributed by atoms with Crippen molar-refractivity contribution in [3.63, 3.8) is 0 Å². The molecule has 2 rings (SSSR count). The minimum absolute atomic E-state index is 0.489. The summed E-state index contributed by atoms with van der Waals surface area (Å²) in [4.78, 5) is 4.35. The Kier molecular flexibility index (Phi) is 4.38. The van der Waals surface area contributed by atoms with Gasteiger partial charge >= 0.3 is 0 Å². The lowest BCUT2D eigenvalue weighted by atomic mass is 10.0. The number of aliphatic hydroxyl groups is 1. The number of hydrogen-bond acceptors (Lipinski definition) is 2. The topological polar surface area (TPSA) is 38.0 Å². The fourth-order valence-electron chi connectivity index (χ4n) is 2.47. The van der Waals surface area contributed by atoms with Gasteiger partial charge in [-0.3, -0.25) is 0 Å². The molecular formula is C16H22N2O. The monoisotopic (exact) mass is 258 g/mol. The predicted octanol–water partition coefficient (Wildman–Crippen LogP) is 3.19. The van der Waals surface area contributed by atoms with Crippen molar-refractivity contribution in [1.82, 2.24) is 9.55 Å². The van der Waals surface area contributed by atoms with Crippen LogP contribution in [0.2, 0.25) is 0 Å². The third-order valence-electron chi connectivity index (χ3n) is 3.27. The van der Waals surface area contributed by atoms with E-state index in [1.54, 1.807) is 6.20 Å². The fraction of sp³-hybridized carbons (Fsp3) is 0.438. The maximum Gasteiger partial charge on any atom is 0.111 e. The third kappa shape index (κ3) is 3.44. The first-order valence-electron chi connectivity index (χ1n) is 6.86.